The fraction of sp³-hybridized carbons (Fsp3) is 0.308. The minimum atomic E-state index is -3.87. The van der Waals surface area contributed by atoms with Gasteiger partial charge in [-0.3, -0.25) is 4.72 Å². The van der Waals surface area contributed by atoms with Crippen molar-refractivity contribution < 1.29 is 18.3 Å². The zero-order chi connectivity index (χ0) is 15.6. The number of nitrogens with one attached hydrogen (secondary N) is 1. The zero-order valence-electron chi connectivity index (χ0n) is 12.0. The van der Waals surface area contributed by atoms with E-state index in [2.05, 4.69) is 9.71 Å². The first-order valence-corrected chi connectivity index (χ1v) is 7.79. The third-order valence-corrected chi connectivity index (χ3v) is 4.25. The molecule has 1 aromatic carbocycles. The average Bonchev–Trinajstić information content (AvgIpc) is 2.83. The number of benzene rings is 1. The van der Waals surface area contributed by atoms with Crippen LogP contribution in [0.5, 0.6) is 11.5 Å². The number of hydrogen-bond acceptors (Lipinski definition) is 5. The Bertz CT molecular complexity index is 753. The standard InChI is InChI=1S/C13H17N3O4S/c1-4-16-8-13(14-9(16)2)21(18,19)15-11-7-10(20-3)5-6-12(11)17/h5-8,15,17H,4H2,1-3H3. The van der Waals surface area contributed by atoms with Crippen molar-refractivity contribution in [2.75, 3.05) is 11.8 Å². The number of rotatable bonds is 5. The van der Waals surface area contributed by atoms with Crippen LogP contribution in [-0.4, -0.2) is 30.2 Å². The van der Waals surface area contributed by atoms with E-state index in [-0.39, 0.29) is 16.5 Å². The smallest absolute Gasteiger partial charge is 0.281 e. The highest BCUT2D eigenvalue weighted by Gasteiger charge is 2.20. The molecule has 114 valence electrons. The molecule has 0 radical (unpaired) electrons. The normalized spacial score (nSPS) is 11.4. The van der Waals surface area contributed by atoms with Crippen LogP contribution in [0.2, 0.25) is 0 Å². The van der Waals surface area contributed by atoms with Gasteiger partial charge in [0.15, 0.2) is 5.03 Å². The van der Waals surface area contributed by atoms with Crippen LogP contribution in [0.4, 0.5) is 5.69 Å². The Morgan fingerprint density at radius 2 is 2.14 bits per heavy atom. The summed E-state index contributed by atoms with van der Waals surface area (Å²) in [4.78, 5) is 4.02. The van der Waals surface area contributed by atoms with E-state index in [1.165, 1.54) is 31.5 Å². The first kappa shape index (κ1) is 15.2. The third kappa shape index (κ3) is 3.10. The van der Waals surface area contributed by atoms with Crippen molar-refractivity contribution in [3.63, 3.8) is 0 Å². The molecule has 2 aromatic rings. The van der Waals surface area contributed by atoms with Gasteiger partial charge in [0, 0.05) is 18.8 Å². The van der Waals surface area contributed by atoms with Gasteiger partial charge in [0.25, 0.3) is 10.0 Å². The number of hydrogen-bond donors (Lipinski definition) is 2. The summed E-state index contributed by atoms with van der Waals surface area (Å²) in [5.74, 6) is 0.847. The summed E-state index contributed by atoms with van der Waals surface area (Å²) in [5, 5.41) is 9.65. The molecule has 2 N–H and O–H groups in total. The van der Waals surface area contributed by atoms with Gasteiger partial charge in [0.1, 0.15) is 17.3 Å². The van der Waals surface area contributed by atoms with Crippen LogP contribution in [0, 0.1) is 6.92 Å². The largest absolute Gasteiger partial charge is 0.506 e. The summed E-state index contributed by atoms with van der Waals surface area (Å²) in [5.41, 5.74) is 0.0399. The molecule has 0 saturated heterocycles. The van der Waals surface area contributed by atoms with Gasteiger partial charge >= 0.3 is 0 Å². The van der Waals surface area contributed by atoms with Gasteiger partial charge in [0.05, 0.1) is 12.8 Å². The first-order chi connectivity index (χ1) is 9.87. The highest BCUT2D eigenvalue weighted by atomic mass is 32.2. The summed E-state index contributed by atoms with van der Waals surface area (Å²) in [7, 11) is -2.41. The Morgan fingerprint density at radius 3 is 2.71 bits per heavy atom. The van der Waals surface area contributed by atoms with Gasteiger partial charge in [-0.2, -0.15) is 8.42 Å². The van der Waals surface area contributed by atoms with E-state index in [4.69, 9.17) is 4.74 Å². The molecule has 0 atom stereocenters. The number of nitrogens with zero attached hydrogens (tertiary/aromatic N) is 2. The monoisotopic (exact) mass is 311 g/mol. The average molecular weight is 311 g/mol. The van der Waals surface area contributed by atoms with Gasteiger partial charge in [-0.05, 0) is 26.0 Å². The number of aromatic nitrogens is 2. The number of anilines is 1. The zero-order valence-corrected chi connectivity index (χ0v) is 12.8. The number of imidazole rings is 1. The molecule has 1 aromatic heterocycles. The molecular formula is C13H17N3O4S. The molecule has 0 unspecified atom stereocenters. The number of aryl methyl sites for hydroxylation is 2. The SMILES string of the molecule is CCn1cc(S(=O)(=O)Nc2cc(OC)ccc2O)nc1C. The summed E-state index contributed by atoms with van der Waals surface area (Å²) in [6.07, 6.45) is 1.45. The summed E-state index contributed by atoms with van der Waals surface area (Å²) >= 11 is 0. The second-order valence-electron chi connectivity index (χ2n) is 4.40. The maximum absolute atomic E-state index is 12.3. The van der Waals surface area contributed by atoms with E-state index in [0.717, 1.165) is 0 Å². The quantitative estimate of drug-likeness (QED) is 0.820. The number of ether oxygens (including phenoxy) is 1. The minimum Gasteiger partial charge on any atom is -0.506 e. The Morgan fingerprint density at radius 1 is 1.43 bits per heavy atom. The van der Waals surface area contributed by atoms with E-state index < -0.39 is 10.0 Å². The number of sulfonamides is 1. The predicted molar refractivity (Wildman–Crippen MR) is 78.1 cm³/mol. The van der Waals surface area contributed by atoms with Crippen LogP contribution in [-0.2, 0) is 16.6 Å². The van der Waals surface area contributed by atoms with E-state index in [0.29, 0.717) is 18.1 Å². The van der Waals surface area contributed by atoms with Crippen molar-refractivity contribution in [2.24, 2.45) is 0 Å². The van der Waals surface area contributed by atoms with Crippen LogP contribution in [0.3, 0.4) is 0 Å². The molecule has 0 aliphatic carbocycles. The van der Waals surface area contributed by atoms with Gasteiger partial charge < -0.3 is 14.4 Å². The molecular weight excluding hydrogens is 294 g/mol. The lowest BCUT2D eigenvalue weighted by Gasteiger charge is -2.09. The molecule has 0 fully saturated rings. The molecule has 1 heterocycles. The van der Waals surface area contributed by atoms with Crippen molar-refractivity contribution in [1.82, 2.24) is 9.55 Å². The van der Waals surface area contributed by atoms with Crippen molar-refractivity contribution in [3.8, 4) is 11.5 Å². The van der Waals surface area contributed by atoms with E-state index in [1.807, 2.05) is 6.92 Å². The first-order valence-electron chi connectivity index (χ1n) is 6.31. The molecule has 7 nitrogen and oxygen atoms in total. The second-order valence-corrected chi connectivity index (χ2v) is 6.03. The maximum Gasteiger partial charge on any atom is 0.281 e. The van der Waals surface area contributed by atoms with Gasteiger partial charge in [-0.25, -0.2) is 4.98 Å². The highest BCUT2D eigenvalue weighted by molar-refractivity contribution is 7.92. The van der Waals surface area contributed by atoms with E-state index >= 15 is 0 Å². The van der Waals surface area contributed by atoms with Crippen molar-refractivity contribution >= 4 is 15.7 Å². The number of methoxy groups -OCH3 is 1. The van der Waals surface area contributed by atoms with Crippen LogP contribution in [0.15, 0.2) is 29.4 Å². The van der Waals surface area contributed by atoms with E-state index in [9.17, 15) is 13.5 Å². The molecule has 0 aliphatic heterocycles. The molecule has 0 amide bonds. The van der Waals surface area contributed by atoms with E-state index in [1.54, 1.807) is 11.5 Å². The fourth-order valence-electron chi connectivity index (χ4n) is 1.85. The summed E-state index contributed by atoms with van der Waals surface area (Å²) < 4.78 is 33.6. The van der Waals surface area contributed by atoms with Crippen LogP contribution >= 0.6 is 0 Å². The maximum atomic E-state index is 12.3. The van der Waals surface area contributed by atoms with Gasteiger partial charge in [0.2, 0.25) is 0 Å². The number of aromatic hydroxyl groups is 1. The summed E-state index contributed by atoms with van der Waals surface area (Å²) in [6.45, 7) is 4.25. The molecule has 2 rings (SSSR count). The second kappa shape index (κ2) is 5.65. The lowest BCUT2D eigenvalue weighted by Crippen LogP contribution is -2.13. The number of phenols is 1. The molecule has 0 aliphatic rings. The van der Waals surface area contributed by atoms with Gasteiger partial charge in [-0.1, -0.05) is 0 Å². The van der Waals surface area contributed by atoms with Crippen LogP contribution in [0.25, 0.3) is 0 Å². The molecule has 8 heteroatoms. The third-order valence-electron chi connectivity index (χ3n) is 3.02. The van der Waals surface area contributed by atoms with Crippen molar-refractivity contribution in [3.05, 3.63) is 30.2 Å². The topological polar surface area (TPSA) is 93.5 Å². The Hall–Kier alpha value is -2.22. The Labute approximate surface area is 123 Å². The van der Waals surface area contributed by atoms with Crippen LogP contribution < -0.4 is 9.46 Å². The molecule has 0 spiro atoms. The number of phenolic OH excluding ortho intramolecular Hbond substituents is 1. The Kier molecular flexibility index (Phi) is 4.08. The lowest BCUT2D eigenvalue weighted by molar-refractivity contribution is 0.413. The molecule has 21 heavy (non-hydrogen) atoms. The highest BCUT2D eigenvalue weighted by Crippen LogP contribution is 2.29. The predicted octanol–water partition coefficient (Wildman–Crippen LogP) is 1.73. The minimum absolute atomic E-state index is 0.0399. The van der Waals surface area contributed by atoms with Gasteiger partial charge in [-0.15, -0.1) is 0 Å². The molecule has 0 bridgehead atoms. The van der Waals surface area contributed by atoms with Crippen molar-refractivity contribution in [1.29, 1.82) is 0 Å². The van der Waals surface area contributed by atoms with Crippen LogP contribution in [0.1, 0.15) is 12.7 Å². The fourth-order valence-corrected chi connectivity index (χ4v) is 2.93. The molecule has 0 saturated carbocycles. The Balaban J connectivity index is 2.37. The lowest BCUT2D eigenvalue weighted by atomic mass is 10.3. The van der Waals surface area contributed by atoms with Crippen molar-refractivity contribution in [2.45, 2.75) is 25.4 Å². The summed E-state index contributed by atoms with van der Waals surface area (Å²) in [6, 6.07) is 4.28.